The van der Waals surface area contributed by atoms with Gasteiger partial charge in [0, 0.05) is 31.6 Å². The van der Waals surface area contributed by atoms with Gasteiger partial charge in [-0.15, -0.1) is 0 Å². The molecule has 28 heavy (non-hydrogen) atoms. The van der Waals surface area contributed by atoms with Crippen LogP contribution < -0.4 is 0 Å². The number of carbonyl (C=O) groups excluding carboxylic acids is 1. The summed E-state index contributed by atoms with van der Waals surface area (Å²) in [5, 5.41) is 5.00. The second-order valence-electron chi connectivity index (χ2n) is 6.68. The number of fused-ring (bicyclic) bond motifs is 3. The average Bonchev–Trinajstić information content (AvgIpc) is 3.02. The van der Waals surface area contributed by atoms with Crippen LogP contribution in [0.4, 0.5) is 0 Å². The molecule has 8 heteroatoms. The smallest absolute Gasteiger partial charge is 0.356 e. The van der Waals surface area contributed by atoms with Gasteiger partial charge in [0.25, 0.3) is 5.79 Å². The van der Waals surface area contributed by atoms with E-state index in [1.165, 1.54) is 0 Å². The number of para-hydroxylation sites is 1. The number of ether oxygens (including phenoxy) is 4. The molecule has 0 N–H and O–H groups in total. The van der Waals surface area contributed by atoms with Gasteiger partial charge in [-0.1, -0.05) is 23.4 Å². The van der Waals surface area contributed by atoms with E-state index in [0.29, 0.717) is 5.69 Å². The summed E-state index contributed by atoms with van der Waals surface area (Å²) in [5.41, 5.74) is 2.37. The zero-order chi connectivity index (χ0) is 19.7. The molecule has 3 heterocycles. The van der Waals surface area contributed by atoms with Crippen molar-refractivity contribution < 1.29 is 28.6 Å². The van der Waals surface area contributed by atoms with Gasteiger partial charge in [-0.25, -0.2) is 9.78 Å². The fraction of sp³-hybridized carbons (Fsp3) is 0.450. The summed E-state index contributed by atoms with van der Waals surface area (Å²) >= 11 is 0. The van der Waals surface area contributed by atoms with Gasteiger partial charge in [0.1, 0.15) is 5.69 Å². The van der Waals surface area contributed by atoms with E-state index in [1.807, 2.05) is 30.3 Å². The summed E-state index contributed by atoms with van der Waals surface area (Å²) < 4.78 is 22.2. The minimum atomic E-state index is -1.30. The van der Waals surface area contributed by atoms with Gasteiger partial charge in [-0.05, 0) is 19.1 Å². The Morgan fingerprint density at radius 1 is 1.32 bits per heavy atom. The number of methoxy groups -OCH3 is 2. The second-order valence-corrected chi connectivity index (χ2v) is 6.68. The molecule has 0 fully saturated rings. The van der Waals surface area contributed by atoms with Gasteiger partial charge in [0.15, 0.2) is 12.0 Å². The van der Waals surface area contributed by atoms with Crippen molar-refractivity contribution in [2.45, 2.75) is 25.4 Å². The molecule has 1 aromatic carbocycles. The minimum Gasteiger partial charge on any atom is -0.461 e. The number of hydrogen-bond donors (Lipinski definition) is 0. The van der Waals surface area contributed by atoms with Crippen molar-refractivity contribution in [1.29, 1.82) is 0 Å². The standard InChI is InChI=1S/C20H22N2O6/c1-4-26-18(23)16-10-13(11-24-2)20(28-22-16)17-14(19(25-3)27-20)9-12-7-5-6-8-15(12)21-17/h5-9,13,19H,4,10-11H2,1-3H3/t13?,19-,20+/m0/s1. The van der Waals surface area contributed by atoms with Crippen LogP contribution in [0.2, 0.25) is 0 Å². The third-order valence-electron chi connectivity index (χ3n) is 4.98. The number of rotatable bonds is 5. The second kappa shape index (κ2) is 7.46. The molecule has 0 amide bonds. The van der Waals surface area contributed by atoms with E-state index in [9.17, 15) is 4.79 Å². The summed E-state index contributed by atoms with van der Waals surface area (Å²) in [6.07, 6.45) is -0.386. The van der Waals surface area contributed by atoms with E-state index >= 15 is 0 Å². The van der Waals surface area contributed by atoms with Crippen LogP contribution in [0.25, 0.3) is 10.9 Å². The molecule has 4 rings (SSSR count). The Balaban J connectivity index is 1.82. The molecular weight excluding hydrogens is 364 g/mol. The van der Waals surface area contributed by atoms with Crippen molar-refractivity contribution in [1.82, 2.24) is 4.98 Å². The third-order valence-corrected chi connectivity index (χ3v) is 4.98. The van der Waals surface area contributed by atoms with Gasteiger partial charge in [0.05, 0.1) is 24.6 Å². The van der Waals surface area contributed by atoms with Crippen LogP contribution in [0.3, 0.4) is 0 Å². The lowest BCUT2D eigenvalue weighted by Crippen LogP contribution is -2.45. The molecule has 0 saturated carbocycles. The maximum absolute atomic E-state index is 12.1. The predicted octanol–water partition coefficient (Wildman–Crippen LogP) is 2.66. The molecule has 2 aromatic rings. The Bertz CT molecular complexity index is 930. The number of pyridine rings is 1. The first-order chi connectivity index (χ1) is 13.6. The van der Waals surface area contributed by atoms with Crippen molar-refractivity contribution in [2.24, 2.45) is 11.1 Å². The lowest BCUT2D eigenvalue weighted by molar-refractivity contribution is -0.331. The van der Waals surface area contributed by atoms with E-state index in [-0.39, 0.29) is 31.3 Å². The Morgan fingerprint density at radius 2 is 2.14 bits per heavy atom. The maximum atomic E-state index is 12.1. The van der Waals surface area contributed by atoms with Crippen LogP contribution in [0.1, 0.15) is 30.9 Å². The zero-order valence-electron chi connectivity index (χ0n) is 16.0. The topological polar surface area (TPSA) is 88.5 Å². The van der Waals surface area contributed by atoms with Gasteiger partial charge in [-0.2, -0.15) is 0 Å². The fourth-order valence-corrected chi connectivity index (χ4v) is 3.71. The van der Waals surface area contributed by atoms with Crippen LogP contribution in [0, 0.1) is 5.92 Å². The molecule has 3 atom stereocenters. The first-order valence-electron chi connectivity index (χ1n) is 9.14. The van der Waals surface area contributed by atoms with Crippen molar-refractivity contribution in [2.75, 3.05) is 27.4 Å². The van der Waals surface area contributed by atoms with Crippen LogP contribution in [0.5, 0.6) is 0 Å². The van der Waals surface area contributed by atoms with E-state index in [0.717, 1.165) is 16.5 Å². The molecular formula is C20H22N2O6. The minimum absolute atomic E-state index is 0.196. The first kappa shape index (κ1) is 18.8. The van der Waals surface area contributed by atoms with E-state index in [4.69, 9.17) is 28.8 Å². The summed E-state index contributed by atoms with van der Waals surface area (Å²) in [7, 11) is 3.14. The monoisotopic (exact) mass is 386 g/mol. The molecule has 0 radical (unpaired) electrons. The lowest BCUT2D eigenvalue weighted by Gasteiger charge is -2.37. The van der Waals surface area contributed by atoms with Crippen molar-refractivity contribution in [3.63, 3.8) is 0 Å². The zero-order valence-corrected chi connectivity index (χ0v) is 16.0. The number of hydrogen-bond acceptors (Lipinski definition) is 8. The molecule has 0 aliphatic carbocycles. The SMILES string of the molecule is CCOC(=O)C1=NO[C@]2(O[C@H](OC)c3cc4ccccc4nc32)C(COC)C1. The number of benzene rings is 1. The highest BCUT2D eigenvalue weighted by Gasteiger charge is 2.58. The summed E-state index contributed by atoms with van der Waals surface area (Å²) in [4.78, 5) is 22.8. The van der Waals surface area contributed by atoms with Crippen molar-refractivity contribution in [3.05, 3.63) is 41.6 Å². The Labute approximate surface area is 162 Å². The van der Waals surface area contributed by atoms with E-state index < -0.39 is 18.0 Å². The number of oxime groups is 1. The molecule has 1 aromatic heterocycles. The van der Waals surface area contributed by atoms with E-state index in [2.05, 4.69) is 5.16 Å². The molecule has 8 nitrogen and oxygen atoms in total. The van der Waals surface area contributed by atoms with Crippen molar-refractivity contribution in [3.8, 4) is 0 Å². The van der Waals surface area contributed by atoms with Crippen LogP contribution >= 0.6 is 0 Å². The summed E-state index contributed by atoms with van der Waals surface area (Å²) in [5.74, 6) is -2.17. The number of nitrogens with zero attached hydrogens (tertiary/aromatic N) is 2. The fourth-order valence-electron chi connectivity index (χ4n) is 3.71. The number of carbonyl (C=O) groups is 1. The maximum Gasteiger partial charge on any atom is 0.356 e. The molecule has 148 valence electrons. The molecule has 0 saturated heterocycles. The van der Waals surface area contributed by atoms with Crippen molar-refractivity contribution >= 4 is 22.6 Å². The molecule has 1 unspecified atom stereocenters. The molecule has 1 spiro atoms. The first-order valence-corrected chi connectivity index (χ1v) is 9.14. The summed E-state index contributed by atoms with van der Waals surface area (Å²) in [6.45, 7) is 2.28. The van der Waals surface area contributed by atoms with Gasteiger partial charge in [0.2, 0.25) is 0 Å². The molecule has 2 aliphatic heterocycles. The molecule has 2 aliphatic rings. The number of esters is 1. The van der Waals surface area contributed by atoms with Crippen LogP contribution in [-0.2, 0) is 34.4 Å². The predicted molar refractivity (Wildman–Crippen MR) is 99.4 cm³/mol. The van der Waals surface area contributed by atoms with Gasteiger partial charge in [-0.3, -0.25) is 4.74 Å². The highest BCUT2D eigenvalue weighted by atomic mass is 16.8. The van der Waals surface area contributed by atoms with E-state index in [1.54, 1.807) is 21.1 Å². The van der Waals surface area contributed by atoms with Gasteiger partial charge >= 0.3 is 5.97 Å². The Hall–Kier alpha value is -2.55. The largest absolute Gasteiger partial charge is 0.461 e. The third kappa shape index (κ3) is 2.94. The number of aromatic nitrogens is 1. The van der Waals surface area contributed by atoms with Crippen LogP contribution in [0.15, 0.2) is 35.5 Å². The quantitative estimate of drug-likeness (QED) is 0.730. The average molecular weight is 386 g/mol. The highest BCUT2D eigenvalue weighted by molar-refractivity contribution is 6.36. The molecule has 0 bridgehead atoms. The lowest BCUT2D eigenvalue weighted by atomic mass is 9.88. The van der Waals surface area contributed by atoms with Crippen LogP contribution in [-0.4, -0.2) is 44.1 Å². The van der Waals surface area contributed by atoms with Gasteiger partial charge < -0.3 is 19.0 Å². The normalized spacial score (nSPS) is 26.0. The Morgan fingerprint density at radius 3 is 2.89 bits per heavy atom. The highest BCUT2D eigenvalue weighted by Crippen LogP contribution is 2.51. The summed E-state index contributed by atoms with van der Waals surface area (Å²) in [6, 6.07) is 9.75. The Kier molecular flexibility index (Phi) is 5.01.